The molecule has 0 aliphatic rings. The average Bonchev–Trinajstić information content (AvgIpc) is 2.64. The van der Waals surface area contributed by atoms with Gasteiger partial charge in [-0.05, 0) is 31.5 Å². The predicted octanol–water partition coefficient (Wildman–Crippen LogP) is 3.55. The molecule has 2 aromatic carbocycles. The van der Waals surface area contributed by atoms with Gasteiger partial charge in [0, 0.05) is 24.2 Å². The molecule has 0 saturated heterocycles. The molecule has 148 valence electrons. The number of aliphatic hydroxyl groups is 1. The second kappa shape index (κ2) is 11.8. The van der Waals surface area contributed by atoms with E-state index in [4.69, 9.17) is 4.74 Å². The lowest BCUT2D eigenvalue weighted by molar-refractivity contribution is 0.176. The lowest BCUT2D eigenvalue weighted by Gasteiger charge is -2.16. The first kappa shape index (κ1) is 23.2. The smallest absolute Gasteiger partial charge is 0.191 e. The number of nitrogens with zero attached hydrogens (tertiary/aromatic N) is 1. The third kappa shape index (κ3) is 6.99. The van der Waals surface area contributed by atoms with Gasteiger partial charge in [-0.2, -0.15) is 0 Å². The van der Waals surface area contributed by atoms with Crippen molar-refractivity contribution in [1.82, 2.24) is 10.6 Å². The minimum absolute atomic E-state index is 0. The molecule has 0 heterocycles. The van der Waals surface area contributed by atoms with Gasteiger partial charge in [0.2, 0.25) is 0 Å². The van der Waals surface area contributed by atoms with Crippen molar-refractivity contribution in [2.24, 2.45) is 4.99 Å². The third-order valence-corrected chi connectivity index (χ3v) is 3.92. The van der Waals surface area contributed by atoms with Gasteiger partial charge in [-0.3, -0.25) is 0 Å². The summed E-state index contributed by atoms with van der Waals surface area (Å²) in [5, 5.41) is 16.4. The van der Waals surface area contributed by atoms with Gasteiger partial charge < -0.3 is 20.5 Å². The number of hydrogen-bond donors (Lipinski definition) is 3. The number of ether oxygens (including phenoxy) is 1. The highest BCUT2D eigenvalue weighted by molar-refractivity contribution is 14.0. The minimum atomic E-state index is -0.964. The molecule has 0 aromatic heterocycles. The molecule has 1 atom stereocenters. The monoisotopic (exact) mass is 487 g/mol. The fraction of sp³-hybridized carbons (Fsp3) is 0.350. The summed E-state index contributed by atoms with van der Waals surface area (Å²) in [5.41, 5.74) is 2.34. The quantitative estimate of drug-likeness (QED) is 0.318. The molecule has 0 amide bonds. The molecule has 0 fully saturated rings. The Kier molecular flexibility index (Phi) is 10.1. The Hall–Kier alpha value is -1.87. The Balaban J connectivity index is 0.00000364. The second-order valence-corrected chi connectivity index (χ2v) is 5.93. The Labute approximate surface area is 177 Å². The van der Waals surface area contributed by atoms with E-state index in [1.807, 2.05) is 32.0 Å². The maximum absolute atomic E-state index is 13.8. The maximum atomic E-state index is 13.8. The van der Waals surface area contributed by atoms with Crippen LogP contribution in [0.4, 0.5) is 4.39 Å². The zero-order valence-electron chi connectivity index (χ0n) is 15.8. The number of aryl methyl sites for hydroxylation is 1. The molecular formula is C20H27FIN3O2. The molecule has 0 spiro atoms. The molecule has 5 nitrogen and oxygen atoms in total. The van der Waals surface area contributed by atoms with Crippen LogP contribution in [0.2, 0.25) is 0 Å². The van der Waals surface area contributed by atoms with Crippen molar-refractivity contribution in [3.8, 4) is 5.75 Å². The number of methoxy groups -OCH3 is 1. The van der Waals surface area contributed by atoms with Gasteiger partial charge in [0.15, 0.2) is 5.96 Å². The van der Waals surface area contributed by atoms with Gasteiger partial charge >= 0.3 is 0 Å². The first-order valence-corrected chi connectivity index (χ1v) is 8.63. The Bertz CT molecular complexity index is 756. The van der Waals surface area contributed by atoms with Crippen molar-refractivity contribution >= 4 is 29.9 Å². The predicted molar refractivity (Wildman–Crippen MR) is 117 cm³/mol. The standard InChI is InChI=1S/C20H26FN3O2.HI/c1-4-22-20(23-12-15-10-9-14(2)11-19(15)26-3)24-13-18(25)16-7-5-6-8-17(16)21;/h5-11,18,25H,4,12-13H2,1-3H3,(H2,22,23,24);1H. The van der Waals surface area contributed by atoms with Crippen LogP contribution in [0.1, 0.15) is 29.7 Å². The van der Waals surface area contributed by atoms with Gasteiger partial charge in [0.1, 0.15) is 11.6 Å². The summed E-state index contributed by atoms with van der Waals surface area (Å²) < 4.78 is 19.1. The third-order valence-electron chi connectivity index (χ3n) is 3.92. The van der Waals surface area contributed by atoms with Gasteiger partial charge in [-0.1, -0.05) is 30.3 Å². The SMILES string of the molecule is CCNC(=NCc1ccc(C)cc1OC)NCC(O)c1ccccc1F.I. The van der Waals surface area contributed by atoms with Crippen molar-refractivity contribution in [3.63, 3.8) is 0 Å². The Morgan fingerprint density at radius 2 is 1.96 bits per heavy atom. The zero-order chi connectivity index (χ0) is 18.9. The fourth-order valence-electron chi connectivity index (χ4n) is 2.54. The lowest BCUT2D eigenvalue weighted by Crippen LogP contribution is -2.39. The summed E-state index contributed by atoms with van der Waals surface area (Å²) in [6, 6.07) is 12.2. The largest absolute Gasteiger partial charge is 0.496 e. The summed E-state index contributed by atoms with van der Waals surface area (Å²) in [5.74, 6) is 0.912. The number of guanidine groups is 1. The summed E-state index contributed by atoms with van der Waals surface area (Å²) in [4.78, 5) is 4.52. The molecule has 0 aliphatic heterocycles. The molecular weight excluding hydrogens is 460 g/mol. The van der Waals surface area contributed by atoms with Crippen molar-refractivity contribution in [2.75, 3.05) is 20.2 Å². The molecule has 1 unspecified atom stereocenters. The zero-order valence-corrected chi connectivity index (χ0v) is 18.2. The normalized spacial score (nSPS) is 12.1. The lowest BCUT2D eigenvalue weighted by atomic mass is 10.1. The number of aliphatic imine (C=N–C) groups is 1. The van der Waals surface area contributed by atoms with E-state index < -0.39 is 11.9 Å². The Morgan fingerprint density at radius 3 is 2.63 bits per heavy atom. The number of rotatable bonds is 7. The first-order valence-electron chi connectivity index (χ1n) is 8.63. The van der Waals surface area contributed by atoms with E-state index >= 15 is 0 Å². The molecule has 0 saturated carbocycles. The molecule has 27 heavy (non-hydrogen) atoms. The van der Waals surface area contributed by atoms with Crippen molar-refractivity contribution in [2.45, 2.75) is 26.5 Å². The molecule has 2 rings (SSSR count). The van der Waals surface area contributed by atoms with Crippen molar-refractivity contribution < 1.29 is 14.2 Å². The second-order valence-electron chi connectivity index (χ2n) is 5.93. The molecule has 3 N–H and O–H groups in total. The topological polar surface area (TPSA) is 65.9 Å². The van der Waals surface area contributed by atoms with Crippen molar-refractivity contribution in [3.05, 3.63) is 65.0 Å². The summed E-state index contributed by atoms with van der Waals surface area (Å²) in [6.45, 7) is 5.21. The number of benzene rings is 2. The number of hydrogen-bond acceptors (Lipinski definition) is 3. The average molecular weight is 487 g/mol. The van der Waals surface area contributed by atoms with Crippen molar-refractivity contribution in [1.29, 1.82) is 0 Å². The summed E-state index contributed by atoms with van der Waals surface area (Å²) in [7, 11) is 1.64. The van der Waals surface area contributed by atoms with Gasteiger partial charge in [0.25, 0.3) is 0 Å². The number of nitrogens with one attached hydrogen (secondary N) is 2. The van der Waals surface area contributed by atoms with E-state index in [1.165, 1.54) is 6.07 Å². The van der Waals surface area contributed by atoms with Crippen LogP contribution in [0.25, 0.3) is 0 Å². The minimum Gasteiger partial charge on any atom is -0.496 e. The van der Waals surface area contributed by atoms with Gasteiger partial charge in [-0.25, -0.2) is 9.38 Å². The van der Waals surface area contributed by atoms with Crippen LogP contribution in [0, 0.1) is 12.7 Å². The first-order chi connectivity index (χ1) is 12.5. The molecule has 7 heteroatoms. The highest BCUT2D eigenvalue weighted by Crippen LogP contribution is 2.20. The molecule has 0 aliphatic carbocycles. The van der Waals surface area contributed by atoms with Gasteiger partial charge in [0.05, 0.1) is 19.8 Å². The Morgan fingerprint density at radius 1 is 1.22 bits per heavy atom. The highest BCUT2D eigenvalue weighted by Gasteiger charge is 2.12. The van der Waals surface area contributed by atoms with E-state index in [1.54, 1.807) is 25.3 Å². The maximum Gasteiger partial charge on any atom is 0.191 e. The van der Waals surface area contributed by atoms with Gasteiger partial charge in [-0.15, -0.1) is 24.0 Å². The molecule has 0 bridgehead atoms. The highest BCUT2D eigenvalue weighted by atomic mass is 127. The van der Waals surface area contributed by atoms with E-state index in [9.17, 15) is 9.50 Å². The van der Waals surface area contributed by atoms with E-state index in [-0.39, 0.29) is 36.1 Å². The van der Waals surface area contributed by atoms with Crippen LogP contribution < -0.4 is 15.4 Å². The van der Waals surface area contributed by atoms with E-state index in [0.29, 0.717) is 19.0 Å². The summed E-state index contributed by atoms with van der Waals surface area (Å²) >= 11 is 0. The van der Waals surface area contributed by atoms with E-state index in [0.717, 1.165) is 16.9 Å². The number of halogens is 2. The number of aliphatic hydroxyl groups excluding tert-OH is 1. The summed E-state index contributed by atoms with van der Waals surface area (Å²) in [6.07, 6.45) is -0.964. The van der Waals surface area contributed by atoms with E-state index in [2.05, 4.69) is 15.6 Å². The van der Waals surface area contributed by atoms with Crippen LogP contribution in [0.15, 0.2) is 47.5 Å². The van der Waals surface area contributed by atoms with Crippen LogP contribution in [0.3, 0.4) is 0 Å². The van der Waals surface area contributed by atoms with Crippen LogP contribution >= 0.6 is 24.0 Å². The fourth-order valence-corrected chi connectivity index (χ4v) is 2.54. The van der Waals surface area contributed by atoms with Crippen LogP contribution in [-0.4, -0.2) is 31.3 Å². The molecule has 2 aromatic rings. The molecule has 0 radical (unpaired) electrons. The van der Waals surface area contributed by atoms with Crippen LogP contribution in [0.5, 0.6) is 5.75 Å². The van der Waals surface area contributed by atoms with Crippen LogP contribution in [-0.2, 0) is 6.54 Å².